The molecule has 0 radical (unpaired) electrons. The third-order valence-electron chi connectivity index (χ3n) is 5.28. The van der Waals surface area contributed by atoms with E-state index in [1.165, 1.54) is 5.56 Å². The third kappa shape index (κ3) is 3.13. The summed E-state index contributed by atoms with van der Waals surface area (Å²) in [5, 5.41) is 12.9. The molecular formula is C18H25NO2. The van der Waals surface area contributed by atoms with E-state index in [0.717, 1.165) is 32.1 Å². The normalized spacial score (nSPS) is 35.2. The first-order chi connectivity index (χ1) is 10.1. The van der Waals surface area contributed by atoms with Gasteiger partial charge in [0.25, 0.3) is 0 Å². The molecule has 0 aliphatic heterocycles. The Labute approximate surface area is 126 Å². The van der Waals surface area contributed by atoms with Crippen molar-refractivity contribution in [2.45, 2.75) is 50.5 Å². The van der Waals surface area contributed by atoms with Crippen molar-refractivity contribution >= 4 is 5.91 Å². The summed E-state index contributed by atoms with van der Waals surface area (Å²) in [7, 11) is 0. The Bertz CT molecular complexity index is 491. The minimum absolute atomic E-state index is 0.0637. The van der Waals surface area contributed by atoms with Crippen molar-refractivity contribution in [2.24, 2.45) is 11.8 Å². The van der Waals surface area contributed by atoms with Gasteiger partial charge in [0.05, 0.1) is 12.1 Å². The highest BCUT2D eigenvalue weighted by atomic mass is 16.3. The number of nitrogens with one attached hydrogen (secondary N) is 1. The number of aliphatic hydroxyl groups is 1. The Morgan fingerprint density at radius 3 is 2.57 bits per heavy atom. The van der Waals surface area contributed by atoms with Crippen LogP contribution >= 0.6 is 0 Å². The van der Waals surface area contributed by atoms with Gasteiger partial charge in [-0.25, -0.2) is 0 Å². The van der Waals surface area contributed by atoms with Crippen molar-refractivity contribution in [3.63, 3.8) is 0 Å². The van der Waals surface area contributed by atoms with Gasteiger partial charge in [-0.2, -0.15) is 0 Å². The van der Waals surface area contributed by atoms with Gasteiger partial charge in [-0.3, -0.25) is 4.79 Å². The zero-order valence-electron chi connectivity index (χ0n) is 12.7. The van der Waals surface area contributed by atoms with Crippen molar-refractivity contribution in [3.05, 3.63) is 35.9 Å². The van der Waals surface area contributed by atoms with Gasteiger partial charge in [-0.15, -0.1) is 0 Å². The SMILES string of the molecule is CC1CCC(CO)(NC(=O)C2CC2c2ccccc2)CC1. The first-order valence-corrected chi connectivity index (χ1v) is 8.11. The summed E-state index contributed by atoms with van der Waals surface area (Å²) in [6.45, 7) is 2.31. The van der Waals surface area contributed by atoms with Crippen LogP contribution in [-0.2, 0) is 4.79 Å². The fourth-order valence-electron chi connectivity index (χ4n) is 3.54. The Balaban J connectivity index is 1.60. The van der Waals surface area contributed by atoms with E-state index in [2.05, 4.69) is 24.4 Å². The van der Waals surface area contributed by atoms with E-state index in [4.69, 9.17) is 0 Å². The molecule has 3 nitrogen and oxygen atoms in total. The second kappa shape index (κ2) is 5.80. The first kappa shape index (κ1) is 14.6. The zero-order valence-corrected chi connectivity index (χ0v) is 12.7. The fraction of sp³-hybridized carbons (Fsp3) is 0.611. The second-order valence-corrected chi connectivity index (χ2v) is 6.97. The zero-order chi connectivity index (χ0) is 14.9. The van der Waals surface area contributed by atoms with E-state index in [-0.39, 0.29) is 24.0 Å². The highest BCUT2D eigenvalue weighted by molar-refractivity contribution is 5.83. The van der Waals surface area contributed by atoms with Gasteiger partial charge in [0.2, 0.25) is 5.91 Å². The maximum absolute atomic E-state index is 12.5. The lowest BCUT2D eigenvalue weighted by molar-refractivity contribution is -0.125. The molecule has 2 unspecified atom stereocenters. The van der Waals surface area contributed by atoms with Crippen molar-refractivity contribution in [2.75, 3.05) is 6.61 Å². The molecule has 2 atom stereocenters. The Hall–Kier alpha value is -1.35. The van der Waals surface area contributed by atoms with E-state index < -0.39 is 0 Å². The van der Waals surface area contributed by atoms with Gasteiger partial charge in [-0.1, -0.05) is 37.3 Å². The van der Waals surface area contributed by atoms with Crippen LogP contribution in [0.1, 0.15) is 50.5 Å². The van der Waals surface area contributed by atoms with E-state index >= 15 is 0 Å². The fourth-order valence-corrected chi connectivity index (χ4v) is 3.54. The first-order valence-electron chi connectivity index (χ1n) is 8.11. The smallest absolute Gasteiger partial charge is 0.224 e. The van der Waals surface area contributed by atoms with Crippen LogP contribution in [0.2, 0.25) is 0 Å². The molecule has 3 rings (SSSR count). The van der Waals surface area contributed by atoms with Crippen molar-refractivity contribution in [1.82, 2.24) is 5.32 Å². The van der Waals surface area contributed by atoms with Crippen molar-refractivity contribution < 1.29 is 9.90 Å². The van der Waals surface area contributed by atoms with Crippen LogP contribution in [0, 0.1) is 11.8 Å². The molecule has 0 heterocycles. The van der Waals surface area contributed by atoms with Crippen LogP contribution in [0.4, 0.5) is 0 Å². The maximum atomic E-state index is 12.5. The molecule has 2 aliphatic carbocycles. The van der Waals surface area contributed by atoms with E-state index in [1.807, 2.05) is 18.2 Å². The molecule has 0 saturated heterocycles. The lowest BCUT2D eigenvalue weighted by Gasteiger charge is -2.38. The number of carbonyl (C=O) groups excluding carboxylic acids is 1. The molecule has 0 spiro atoms. The van der Waals surface area contributed by atoms with Gasteiger partial charge < -0.3 is 10.4 Å². The van der Waals surface area contributed by atoms with Crippen LogP contribution in [0.15, 0.2) is 30.3 Å². The van der Waals surface area contributed by atoms with Gasteiger partial charge in [0.1, 0.15) is 0 Å². The van der Waals surface area contributed by atoms with E-state index in [9.17, 15) is 9.90 Å². The average Bonchev–Trinajstić information content (AvgIpc) is 3.31. The van der Waals surface area contributed by atoms with Crippen LogP contribution in [0.5, 0.6) is 0 Å². The number of carbonyl (C=O) groups is 1. The summed E-state index contributed by atoms with van der Waals surface area (Å²) in [6.07, 6.45) is 4.92. The number of hydrogen-bond acceptors (Lipinski definition) is 2. The summed E-state index contributed by atoms with van der Waals surface area (Å²) in [6, 6.07) is 10.3. The Morgan fingerprint density at radius 2 is 1.95 bits per heavy atom. The second-order valence-electron chi connectivity index (χ2n) is 6.97. The number of rotatable bonds is 4. The molecular weight excluding hydrogens is 262 g/mol. The quantitative estimate of drug-likeness (QED) is 0.894. The van der Waals surface area contributed by atoms with E-state index in [0.29, 0.717) is 11.8 Å². The Morgan fingerprint density at radius 1 is 1.29 bits per heavy atom. The maximum Gasteiger partial charge on any atom is 0.224 e. The summed E-state index contributed by atoms with van der Waals surface area (Å²) in [4.78, 5) is 12.5. The van der Waals surface area contributed by atoms with Crippen LogP contribution in [-0.4, -0.2) is 23.2 Å². The summed E-state index contributed by atoms with van der Waals surface area (Å²) in [5.74, 6) is 1.30. The minimum Gasteiger partial charge on any atom is -0.394 e. The minimum atomic E-state index is -0.368. The van der Waals surface area contributed by atoms with Crippen molar-refractivity contribution in [3.8, 4) is 0 Å². The lowest BCUT2D eigenvalue weighted by atomic mass is 9.77. The molecule has 3 heteroatoms. The molecule has 114 valence electrons. The third-order valence-corrected chi connectivity index (χ3v) is 5.28. The number of amides is 1. The molecule has 0 bridgehead atoms. The molecule has 0 aromatic heterocycles. The Kier molecular flexibility index (Phi) is 4.03. The molecule has 21 heavy (non-hydrogen) atoms. The topological polar surface area (TPSA) is 49.3 Å². The predicted octanol–water partition coefficient (Wildman–Crippen LogP) is 2.85. The van der Waals surface area contributed by atoms with Gasteiger partial charge in [0.15, 0.2) is 0 Å². The average molecular weight is 287 g/mol. The monoisotopic (exact) mass is 287 g/mol. The molecule has 2 N–H and O–H groups in total. The number of benzene rings is 1. The van der Waals surface area contributed by atoms with E-state index in [1.54, 1.807) is 0 Å². The standard InChI is InChI=1S/C18H25NO2/c1-13-7-9-18(12-20,10-8-13)19-17(21)16-11-15(16)14-5-3-2-4-6-14/h2-6,13,15-16,20H,7-12H2,1H3,(H,19,21). The van der Waals surface area contributed by atoms with Crippen LogP contribution < -0.4 is 5.32 Å². The molecule has 2 saturated carbocycles. The summed E-state index contributed by atoms with van der Waals surface area (Å²) < 4.78 is 0. The number of hydrogen-bond donors (Lipinski definition) is 2. The predicted molar refractivity (Wildman–Crippen MR) is 82.9 cm³/mol. The van der Waals surface area contributed by atoms with Gasteiger partial charge >= 0.3 is 0 Å². The lowest BCUT2D eigenvalue weighted by Crippen LogP contribution is -2.53. The molecule has 1 aromatic rings. The van der Waals surface area contributed by atoms with Crippen LogP contribution in [0.3, 0.4) is 0 Å². The number of aliphatic hydroxyl groups excluding tert-OH is 1. The van der Waals surface area contributed by atoms with Gasteiger partial charge in [0, 0.05) is 5.92 Å². The molecule has 2 aliphatic rings. The van der Waals surface area contributed by atoms with Crippen LogP contribution in [0.25, 0.3) is 0 Å². The molecule has 1 amide bonds. The highest BCUT2D eigenvalue weighted by Crippen LogP contribution is 2.48. The highest BCUT2D eigenvalue weighted by Gasteiger charge is 2.46. The summed E-state index contributed by atoms with van der Waals surface area (Å²) >= 11 is 0. The largest absolute Gasteiger partial charge is 0.394 e. The molecule has 1 aromatic carbocycles. The summed E-state index contributed by atoms with van der Waals surface area (Å²) in [5.41, 5.74) is 0.890. The molecule has 2 fully saturated rings. The van der Waals surface area contributed by atoms with Crippen molar-refractivity contribution in [1.29, 1.82) is 0 Å². The van der Waals surface area contributed by atoms with Gasteiger partial charge in [-0.05, 0) is 49.5 Å².